The van der Waals surface area contributed by atoms with Gasteiger partial charge in [0, 0.05) is 22.7 Å². The maximum absolute atomic E-state index is 12.8. The van der Waals surface area contributed by atoms with E-state index in [-0.39, 0.29) is 24.4 Å². The lowest BCUT2D eigenvalue weighted by Gasteiger charge is -2.22. The maximum atomic E-state index is 12.8. The third-order valence-electron chi connectivity index (χ3n) is 3.75. The normalized spacial score (nSPS) is 13.4. The number of nitrogens with zero attached hydrogens (tertiary/aromatic N) is 2. The molecule has 7 heteroatoms. The lowest BCUT2D eigenvalue weighted by atomic mass is 10.2. The number of methoxy groups -OCH3 is 1. The van der Waals surface area contributed by atoms with Crippen LogP contribution in [0, 0.1) is 6.92 Å². The average molecular weight is 345 g/mol. The molecule has 2 aromatic rings. The number of amides is 2. The van der Waals surface area contributed by atoms with Gasteiger partial charge in [-0.05, 0) is 38.0 Å². The molecule has 0 saturated heterocycles. The highest BCUT2D eigenvalue weighted by atomic mass is 32.1. The van der Waals surface area contributed by atoms with Crippen LogP contribution in [0.2, 0.25) is 0 Å². The number of thiazole rings is 1. The summed E-state index contributed by atoms with van der Waals surface area (Å²) in [5.74, 6) is 0.244. The molecule has 2 amide bonds. The lowest BCUT2D eigenvalue weighted by Crippen LogP contribution is -2.39. The van der Waals surface area contributed by atoms with Gasteiger partial charge in [-0.2, -0.15) is 0 Å². The largest absolute Gasteiger partial charge is 0.497 e. The fourth-order valence-electron chi connectivity index (χ4n) is 2.40. The van der Waals surface area contributed by atoms with Crippen LogP contribution < -0.4 is 10.1 Å². The Bertz CT molecular complexity index is 755. The second-order valence-electron chi connectivity index (χ2n) is 5.72. The Hall–Kier alpha value is -2.41. The van der Waals surface area contributed by atoms with Crippen molar-refractivity contribution in [3.05, 3.63) is 40.9 Å². The average Bonchev–Trinajstić information content (AvgIpc) is 3.35. The fraction of sp³-hybridized carbons (Fsp3) is 0.353. The van der Waals surface area contributed by atoms with Crippen molar-refractivity contribution in [3.63, 3.8) is 0 Å². The molecule has 1 fully saturated rings. The van der Waals surface area contributed by atoms with E-state index >= 15 is 0 Å². The van der Waals surface area contributed by atoms with Crippen molar-refractivity contribution in [2.75, 3.05) is 19.0 Å². The van der Waals surface area contributed by atoms with Gasteiger partial charge >= 0.3 is 0 Å². The van der Waals surface area contributed by atoms with E-state index < -0.39 is 0 Å². The first-order valence-electron chi connectivity index (χ1n) is 7.74. The highest BCUT2D eigenvalue weighted by Gasteiger charge is 2.34. The molecule has 0 unspecified atom stereocenters. The van der Waals surface area contributed by atoms with Gasteiger partial charge in [-0.25, -0.2) is 4.98 Å². The Morgan fingerprint density at radius 1 is 1.42 bits per heavy atom. The SMILES string of the molecule is COc1cccc(C(=O)N(CC(=O)Nc2ncc(C)s2)C2CC2)c1. The topological polar surface area (TPSA) is 71.5 Å². The minimum absolute atomic E-state index is 0.0271. The Balaban J connectivity index is 1.70. The summed E-state index contributed by atoms with van der Waals surface area (Å²) in [5.41, 5.74) is 0.527. The molecule has 1 N–H and O–H groups in total. The van der Waals surface area contributed by atoms with Crippen molar-refractivity contribution < 1.29 is 14.3 Å². The van der Waals surface area contributed by atoms with Gasteiger partial charge in [0.2, 0.25) is 5.91 Å². The Morgan fingerprint density at radius 3 is 2.83 bits per heavy atom. The highest BCUT2D eigenvalue weighted by Crippen LogP contribution is 2.29. The van der Waals surface area contributed by atoms with Crippen molar-refractivity contribution in [3.8, 4) is 5.75 Å². The maximum Gasteiger partial charge on any atom is 0.254 e. The van der Waals surface area contributed by atoms with Crippen molar-refractivity contribution >= 4 is 28.3 Å². The van der Waals surface area contributed by atoms with Gasteiger partial charge in [-0.3, -0.25) is 9.59 Å². The second kappa shape index (κ2) is 7.00. The zero-order valence-corrected chi connectivity index (χ0v) is 14.4. The lowest BCUT2D eigenvalue weighted by molar-refractivity contribution is -0.117. The quantitative estimate of drug-likeness (QED) is 0.874. The van der Waals surface area contributed by atoms with Crippen molar-refractivity contribution in [1.29, 1.82) is 0 Å². The smallest absolute Gasteiger partial charge is 0.254 e. The number of benzene rings is 1. The van der Waals surface area contributed by atoms with Gasteiger partial charge in [0.05, 0.1) is 7.11 Å². The number of aromatic nitrogens is 1. The number of hydrogen-bond acceptors (Lipinski definition) is 5. The van der Waals surface area contributed by atoms with E-state index in [1.165, 1.54) is 11.3 Å². The molecule has 1 aromatic carbocycles. The van der Waals surface area contributed by atoms with E-state index in [9.17, 15) is 9.59 Å². The molecule has 126 valence electrons. The molecule has 1 aromatic heterocycles. The molecule has 6 nitrogen and oxygen atoms in total. The molecule has 1 heterocycles. The first-order valence-corrected chi connectivity index (χ1v) is 8.56. The Morgan fingerprint density at radius 2 is 2.21 bits per heavy atom. The molecular formula is C17H19N3O3S. The molecule has 0 aliphatic heterocycles. The summed E-state index contributed by atoms with van der Waals surface area (Å²) in [6.07, 6.45) is 3.57. The van der Waals surface area contributed by atoms with Crippen LogP contribution in [-0.2, 0) is 4.79 Å². The summed E-state index contributed by atoms with van der Waals surface area (Å²) in [6.45, 7) is 1.95. The van der Waals surface area contributed by atoms with E-state index in [0.717, 1.165) is 17.7 Å². The van der Waals surface area contributed by atoms with Gasteiger partial charge in [0.15, 0.2) is 5.13 Å². The monoisotopic (exact) mass is 345 g/mol. The number of aryl methyl sites for hydroxylation is 1. The third kappa shape index (κ3) is 3.91. The summed E-state index contributed by atoms with van der Waals surface area (Å²) >= 11 is 1.41. The van der Waals surface area contributed by atoms with E-state index in [2.05, 4.69) is 10.3 Å². The Kier molecular flexibility index (Phi) is 4.80. The molecule has 0 atom stereocenters. The zero-order valence-electron chi connectivity index (χ0n) is 13.6. The molecule has 24 heavy (non-hydrogen) atoms. The number of hydrogen-bond donors (Lipinski definition) is 1. The third-order valence-corrected chi connectivity index (χ3v) is 4.57. The summed E-state index contributed by atoms with van der Waals surface area (Å²) < 4.78 is 5.17. The van der Waals surface area contributed by atoms with E-state index in [1.807, 2.05) is 6.92 Å². The van der Waals surface area contributed by atoms with Gasteiger partial charge in [-0.15, -0.1) is 11.3 Å². The van der Waals surface area contributed by atoms with Crippen LogP contribution in [0.15, 0.2) is 30.5 Å². The summed E-state index contributed by atoms with van der Waals surface area (Å²) in [4.78, 5) is 31.8. The van der Waals surface area contributed by atoms with E-state index in [4.69, 9.17) is 4.74 Å². The van der Waals surface area contributed by atoms with Crippen LogP contribution in [0.3, 0.4) is 0 Å². The summed E-state index contributed by atoms with van der Waals surface area (Å²) in [5, 5.41) is 3.31. The molecular weight excluding hydrogens is 326 g/mol. The number of rotatable bonds is 6. The van der Waals surface area contributed by atoms with Crippen LogP contribution >= 0.6 is 11.3 Å². The van der Waals surface area contributed by atoms with Crippen LogP contribution in [0.4, 0.5) is 5.13 Å². The van der Waals surface area contributed by atoms with Gasteiger partial charge in [0.1, 0.15) is 12.3 Å². The van der Waals surface area contributed by atoms with Crippen molar-refractivity contribution in [1.82, 2.24) is 9.88 Å². The number of anilines is 1. The molecule has 1 saturated carbocycles. The molecule has 3 rings (SSSR count). The van der Waals surface area contributed by atoms with Crippen LogP contribution in [-0.4, -0.2) is 41.4 Å². The predicted octanol–water partition coefficient (Wildman–Crippen LogP) is 2.70. The number of carbonyl (C=O) groups excluding carboxylic acids is 2. The highest BCUT2D eigenvalue weighted by molar-refractivity contribution is 7.15. The van der Waals surface area contributed by atoms with Crippen LogP contribution in [0.1, 0.15) is 28.1 Å². The standard InChI is InChI=1S/C17H19N3O3S/c1-11-9-18-17(24-11)19-15(21)10-20(13-6-7-13)16(22)12-4-3-5-14(8-12)23-2/h3-5,8-9,13H,6-7,10H2,1-2H3,(H,18,19,21). The summed E-state index contributed by atoms with van der Waals surface area (Å²) in [6, 6.07) is 7.13. The first kappa shape index (κ1) is 16.4. The van der Waals surface area contributed by atoms with Gasteiger partial charge < -0.3 is 15.0 Å². The van der Waals surface area contributed by atoms with Gasteiger partial charge in [-0.1, -0.05) is 6.07 Å². The van der Waals surface area contributed by atoms with Gasteiger partial charge in [0.25, 0.3) is 5.91 Å². The minimum Gasteiger partial charge on any atom is -0.497 e. The van der Waals surface area contributed by atoms with Crippen LogP contribution in [0.5, 0.6) is 5.75 Å². The molecule has 1 aliphatic rings. The van der Waals surface area contributed by atoms with Crippen molar-refractivity contribution in [2.45, 2.75) is 25.8 Å². The second-order valence-corrected chi connectivity index (χ2v) is 6.96. The molecule has 0 bridgehead atoms. The number of carbonyl (C=O) groups is 2. The molecule has 0 radical (unpaired) electrons. The van der Waals surface area contributed by atoms with E-state index in [1.54, 1.807) is 42.5 Å². The first-order chi connectivity index (χ1) is 11.6. The van der Waals surface area contributed by atoms with Crippen LogP contribution in [0.25, 0.3) is 0 Å². The molecule has 0 spiro atoms. The Labute approximate surface area is 144 Å². The number of nitrogens with one attached hydrogen (secondary N) is 1. The predicted molar refractivity (Wildman–Crippen MR) is 92.5 cm³/mol. The zero-order chi connectivity index (χ0) is 17.1. The van der Waals surface area contributed by atoms with E-state index in [0.29, 0.717) is 16.4 Å². The molecule has 1 aliphatic carbocycles. The fourth-order valence-corrected chi connectivity index (χ4v) is 3.08. The minimum atomic E-state index is -0.229. The summed E-state index contributed by atoms with van der Waals surface area (Å²) in [7, 11) is 1.56. The van der Waals surface area contributed by atoms with Crippen molar-refractivity contribution in [2.24, 2.45) is 0 Å². The number of ether oxygens (including phenoxy) is 1.